The van der Waals surface area contributed by atoms with Crippen molar-refractivity contribution in [2.75, 3.05) is 6.61 Å². The van der Waals surface area contributed by atoms with Crippen molar-refractivity contribution >= 4 is 11.9 Å². The molecule has 2 heterocycles. The van der Waals surface area contributed by atoms with Gasteiger partial charge in [0, 0.05) is 18.6 Å². The lowest BCUT2D eigenvalue weighted by Crippen LogP contribution is -2.47. The quantitative estimate of drug-likeness (QED) is 0.416. The van der Waals surface area contributed by atoms with E-state index in [1.807, 2.05) is 0 Å². The molecule has 2 aliphatic heterocycles. The fourth-order valence-electron chi connectivity index (χ4n) is 7.94. The zero-order valence-corrected chi connectivity index (χ0v) is 20.1. The molecule has 7 atom stereocenters. The lowest BCUT2D eigenvalue weighted by Gasteiger charge is -2.55. The summed E-state index contributed by atoms with van der Waals surface area (Å²) in [6, 6.07) is 0. The van der Waals surface area contributed by atoms with E-state index < -0.39 is 18.2 Å². The van der Waals surface area contributed by atoms with Crippen molar-refractivity contribution in [3.63, 3.8) is 0 Å². The highest BCUT2D eigenvalue weighted by atomic mass is 16.7. The molecule has 32 heavy (non-hydrogen) atoms. The van der Waals surface area contributed by atoms with E-state index >= 15 is 0 Å². The Labute approximate surface area is 191 Å². The van der Waals surface area contributed by atoms with Crippen LogP contribution in [0.5, 0.6) is 0 Å². The van der Waals surface area contributed by atoms with Crippen LogP contribution in [0.1, 0.15) is 85.5 Å². The van der Waals surface area contributed by atoms with E-state index in [9.17, 15) is 9.59 Å². The Morgan fingerprint density at radius 1 is 1.25 bits per heavy atom. The molecule has 5 nitrogen and oxygen atoms in total. The average Bonchev–Trinajstić information content (AvgIpc) is 3.23. The van der Waals surface area contributed by atoms with Crippen LogP contribution in [0.2, 0.25) is 0 Å². The molecular formula is C27H38O5. The number of carbonyl (C=O) groups is 2. The summed E-state index contributed by atoms with van der Waals surface area (Å²) in [5.74, 6) is 0.698. The highest BCUT2D eigenvalue weighted by Crippen LogP contribution is 2.80. The molecule has 0 bridgehead atoms. The molecule has 176 valence electrons. The van der Waals surface area contributed by atoms with E-state index in [1.54, 1.807) is 0 Å². The molecule has 1 spiro atoms. The maximum Gasteiger partial charge on any atom is 0.334 e. The van der Waals surface area contributed by atoms with Gasteiger partial charge in [0.25, 0.3) is 6.29 Å². The summed E-state index contributed by atoms with van der Waals surface area (Å²) in [6.45, 7) is 9.51. The summed E-state index contributed by atoms with van der Waals surface area (Å²) in [5.41, 5.74) is 3.62. The first-order valence-electron chi connectivity index (χ1n) is 12.6. The number of carbonyl (C=O) groups excluding carboxylic acids is 2. The van der Waals surface area contributed by atoms with Crippen molar-refractivity contribution in [2.45, 2.75) is 97.9 Å². The Morgan fingerprint density at radius 3 is 2.78 bits per heavy atom. The number of ether oxygens (including phenoxy) is 3. The van der Waals surface area contributed by atoms with Crippen LogP contribution < -0.4 is 0 Å². The SMILES string of the molecule is CC(=O)O[C@@H]1OC(=O)C=C1[C@H]1CC=C(CC[C@]2(C)[C@H]3CCC[C@@]4(C)C[C@@]34CC[C@@H]2C)CO1. The molecule has 3 saturated carbocycles. The lowest BCUT2D eigenvalue weighted by atomic mass is 9.50. The van der Waals surface area contributed by atoms with Gasteiger partial charge in [-0.05, 0) is 85.0 Å². The van der Waals surface area contributed by atoms with Crippen molar-refractivity contribution in [2.24, 2.45) is 28.1 Å². The monoisotopic (exact) mass is 442 g/mol. The van der Waals surface area contributed by atoms with Gasteiger partial charge in [-0.1, -0.05) is 33.3 Å². The number of hydrogen-bond donors (Lipinski definition) is 0. The van der Waals surface area contributed by atoms with Gasteiger partial charge in [0.15, 0.2) is 0 Å². The molecule has 5 heteroatoms. The summed E-state index contributed by atoms with van der Waals surface area (Å²) >= 11 is 0. The molecule has 0 N–H and O–H groups in total. The predicted molar refractivity (Wildman–Crippen MR) is 120 cm³/mol. The zero-order valence-electron chi connectivity index (χ0n) is 20.1. The van der Waals surface area contributed by atoms with Crippen LogP contribution in [0.15, 0.2) is 23.3 Å². The first-order chi connectivity index (χ1) is 15.2. The molecule has 0 radical (unpaired) electrons. The number of rotatable bonds is 5. The summed E-state index contributed by atoms with van der Waals surface area (Å²) < 4.78 is 16.4. The smallest absolute Gasteiger partial charge is 0.334 e. The fourth-order valence-corrected chi connectivity index (χ4v) is 7.94. The Kier molecular flexibility index (Phi) is 5.35. The molecule has 5 rings (SSSR count). The maximum atomic E-state index is 11.7. The Morgan fingerprint density at radius 2 is 2.06 bits per heavy atom. The topological polar surface area (TPSA) is 61.8 Å². The maximum absolute atomic E-state index is 11.7. The standard InChI is InChI=1S/C27H38O5/c1-17-9-13-27-16-25(27,3)11-5-6-22(27)26(17,4)12-10-19-7-8-21(30-15-19)20-14-23(29)32-24(20)31-18(2)28/h7,14,17,21-22,24H,5-6,8-13,15-16H2,1-4H3/t17-,21+,22+,24+,25-,26-,27-/m0/s1. The molecular weight excluding hydrogens is 404 g/mol. The van der Waals surface area contributed by atoms with Gasteiger partial charge in [-0.15, -0.1) is 0 Å². The largest absolute Gasteiger partial charge is 0.421 e. The van der Waals surface area contributed by atoms with E-state index in [0.717, 1.165) is 18.3 Å². The normalized spacial score (nSPS) is 45.2. The van der Waals surface area contributed by atoms with E-state index in [0.29, 0.717) is 34.8 Å². The second-order valence-corrected chi connectivity index (χ2v) is 11.7. The van der Waals surface area contributed by atoms with Crippen molar-refractivity contribution < 1.29 is 23.8 Å². The number of hydrogen-bond acceptors (Lipinski definition) is 5. The first-order valence-corrected chi connectivity index (χ1v) is 12.6. The summed E-state index contributed by atoms with van der Waals surface area (Å²) in [4.78, 5) is 23.0. The minimum Gasteiger partial charge on any atom is -0.421 e. The highest BCUT2D eigenvalue weighted by Gasteiger charge is 2.72. The van der Waals surface area contributed by atoms with Gasteiger partial charge in [0.2, 0.25) is 0 Å². The first kappa shape index (κ1) is 22.2. The van der Waals surface area contributed by atoms with Gasteiger partial charge in [-0.25, -0.2) is 4.79 Å². The fraction of sp³-hybridized carbons (Fsp3) is 0.778. The number of cyclic esters (lactones) is 1. The van der Waals surface area contributed by atoms with Crippen LogP contribution in [-0.4, -0.2) is 30.9 Å². The van der Waals surface area contributed by atoms with E-state index in [1.165, 1.54) is 63.5 Å². The van der Waals surface area contributed by atoms with Crippen molar-refractivity contribution in [1.82, 2.24) is 0 Å². The van der Waals surface area contributed by atoms with Gasteiger partial charge in [0.1, 0.15) is 0 Å². The Hall–Kier alpha value is -1.62. The molecule has 5 aliphatic rings. The molecule has 3 aliphatic carbocycles. The molecule has 0 aromatic rings. The molecule has 3 fully saturated rings. The van der Waals surface area contributed by atoms with Crippen LogP contribution in [0.3, 0.4) is 0 Å². The second-order valence-electron chi connectivity index (χ2n) is 11.7. The second kappa shape index (κ2) is 7.72. The Balaban J connectivity index is 1.23. The lowest BCUT2D eigenvalue weighted by molar-refractivity contribution is -0.173. The van der Waals surface area contributed by atoms with Crippen LogP contribution in [0, 0.1) is 28.1 Å². The van der Waals surface area contributed by atoms with Gasteiger partial charge in [0.05, 0.1) is 12.7 Å². The number of esters is 2. The predicted octanol–water partition coefficient (Wildman–Crippen LogP) is 5.49. The van der Waals surface area contributed by atoms with Crippen molar-refractivity contribution in [1.29, 1.82) is 0 Å². The van der Waals surface area contributed by atoms with E-state index in [-0.39, 0.29) is 6.10 Å². The van der Waals surface area contributed by atoms with Gasteiger partial charge in [-0.2, -0.15) is 0 Å². The molecule has 0 unspecified atom stereocenters. The van der Waals surface area contributed by atoms with Gasteiger partial charge in [-0.3, -0.25) is 4.79 Å². The summed E-state index contributed by atoms with van der Waals surface area (Å²) in [7, 11) is 0. The van der Waals surface area contributed by atoms with Crippen LogP contribution in [-0.2, 0) is 23.8 Å². The third-order valence-electron chi connectivity index (χ3n) is 10.1. The minimum atomic E-state index is -0.947. The average molecular weight is 443 g/mol. The molecule has 0 aromatic carbocycles. The summed E-state index contributed by atoms with van der Waals surface area (Å²) in [6.07, 6.45) is 14.0. The van der Waals surface area contributed by atoms with Gasteiger partial charge < -0.3 is 14.2 Å². The molecule has 0 saturated heterocycles. The van der Waals surface area contributed by atoms with Crippen LogP contribution in [0.4, 0.5) is 0 Å². The van der Waals surface area contributed by atoms with Crippen molar-refractivity contribution in [3.8, 4) is 0 Å². The molecule has 0 aromatic heterocycles. The zero-order chi connectivity index (χ0) is 22.7. The molecule has 0 amide bonds. The Bertz CT molecular complexity index is 873. The van der Waals surface area contributed by atoms with E-state index in [2.05, 4.69) is 26.8 Å². The minimum absolute atomic E-state index is 0.271. The van der Waals surface area contributed by atoms with Crippen LogP contribution >= 0.6 is 0 Å². The van der Waals surface area contributed by atoms with Crippen LogP contribution in [0.25, 0.3) is 0 Å². The highest BCUT2D eigenvalue weighted by molar-refractivity contribution is 5.86. The third kappa shape index (κ3) is 3.46. The van der Waals surface area contributed by atoms with Gasteiger partial charge >= 0.3 is 11.9 Å². The van der Waals surface area contributed by atoms with Crippen molar-refractivity contribution in [3.05, 3.63) is 23.3 Å². The summed E-state index contributed by atoms with van der Waals surface area (Å²) in [5, 5.41) is 0. The third-order valence-corrected chi connectivity index (χ3v) is 10.1. The van der Waals surface area contributed by atoms with E-state index in [4.69, 9.17) is 14.2 Å².